The van der Waals surface area contributed by atoms with Gasteiger partial charge in [0.1, 0.15) is 0 Å². The Morgan fingerprint density at radius 2 is 0.682 bits per heavy atom. The van der Waals surface area contributed by atoms with Gasteiger partial charge in [-0.25, -0.2) is 25.3 Å². The van der Waals surface area contributed by atoms with Gasteiger partial charge in [-0.3, -0.25) is 0 Å². The summed E-state index contributed by atoms with van der Waals surface area (Å²) in [5.74, 6) is -2.06. The summed E-state index contributed by atoms with van der Waals surface area (Å²) in [6, 6.07) is 0. The average molecular weight is 490 g/mol. The quantitative estimate of drug-likeness (QED) is 0.298. The predicted molar refractivity (Wildman–Crippen MR) is 70.7 cm³/mol. The third-order valence-electron chi connectivity index (χ3n) is 1.02. The molecule has 0 heterocycles. The Bertz CT molecular complexity index is 455. The van der Waals surface area contributed by atoms with Gasteiger partial charge in [-0.05, 0) is 0 Å². The number of aliphatic hydroxyl groups excluding tert-OH is 3. The molecule has 0 unspecified atom stereocenters. The van der Waals surface area contributed by atoms with Crippen molar-refractivity contribution in [1.29, 1.82) is 0 Å². The molecule has 0 amide bonds. The zero-order valence-electron chi connectivity index (χ0n) is 11.1. The molecule has 0 rings (SSSR count). The molecule has 0 atom stereocenters. The maximum absolute atomic E-state index is 9.52. The minimum atomic E-state index is -4.17. The molecule has 3 N–H and O–H groups in total. The molecule has 132 valence electrons. The van der Waals surface area contributed by atoms with Crippen molar-refractivity contribution in [1.82, 2.24) is 0 Å². The second-order valence-corrected chi connectivity index (χ2v) is 7.53. The molecule has 0 spiro atoms. The fourth-order valence-corrected chi connectivity index (χ4v) is 1.01. The zero-order valence-corrected chi connectivity index (χ0v) is 16.8. The molecule has 0 fully saturated rings. The first-order valence-electron chi connectivity index (χ1n) is 4.81. The Morgan fingerprint density at radius 3 is 0.682 bits per heavy atom. The number of hydrogen-bond donors (Lipinski definition) is 3. The summed E-state index contributed by atoms with van der Waals surface area (Å²) in [5, 5.41) is 23.5. The monoisotopic (exact) mass is 490 g/mol. The molecule has 0 bridgehead atoms. The van der Waals surface area contributed by atoms with E-state index in [0.717, 1.165) is 0 Å². The SMILES string of the molecule is O=S(=O)([O-])CCO.O=S(=O)([O-])CCO.O=S(=O)([O-])CCO.[In+3]. The molecule has 0 aliphatic carbocycles. The van der Waals surface area contributed by atoms with E-state index >= 15 is 0 Å². The standard InChI is InChI=1S/3C2H6O4S.In/c3*3-1-2-7(4,5)6;/h3*3H,1-2H2,(H,4,5,6);/q;;;+3/p-3. The van der Waals surface area contributed by atoms with Crippen LogP contribution < -0.4 is 0 Å². The van der Waals surface area contributed by atoms with Crippen LogP contribution in [0.1, 0.15) is 0 Å². The fourth-order valence-electron chi connectivity index (χ4n) is 0.335. The third-order valence-corrected chi connectivity index (χ3v) is 3.07. The smallest absolute Gasteiger partial charge is 0.748 e. The molecule has 0 aliphatic rings. The Kier molecular flexibility index (Phi) is 20.8. The van der Waals surface area contributed by atoms with Gasteiger partial charge >= 0.3 is 25.8 Å². The van der Waals surface area contributed by atoms with Crippen molar-refractivity contribution < 1.29 is 54.2 Å². The van der Waals surface area contributed by atoms with Gasteiger partial charge in [-0.15, -0.1) is 0 Å². The summed E-state index contributed by atoms with van der Waals surface area (Å²) in [5.41, 5.74) is 0. The van der Waals surface area contributed by atoms with Crippen molar-refractivity contribution in [3.63, 3.8) is 0 Å². The Labute approximate surface area is 147 Å². The van der Waals surface area contributed by atoms with Crippen molar-refractivity contribution in [3.8, 4) is 0 Å². The van der Waals surface area contributed by atoms with E-state index in [4.69, 9.17) is 15.3 Å². The van der Waals surface area contributed by atoms with Crippen LogP contribution in [0.2, 0.25) is 0 Å². The van der Waals surface area contributed by atoms with E-state index < -0.39 is 67.4 Å². The number of aliphatic hydroxyl groups is 3. The van der Waals surface area contributed by atoms with Crippen molar-refractivity contribution in [3.05, 3.63) is 0 Å². The number of hydrogen-bond acceptors (Lipinski definition) is 12. The van der Waals surface area contributed by atoms with E-state index in [0.29, 0.717) is 0 Å². The average Bonchev–Trinajstić information content (AvgIpc) is 2.12. The van der Waals surface area contributed by atoms with Crippen LogP contribution in [-0.4, -0.2) is 117 Å². The van der Waals surface area contributed by atoms with Gasteiger partial charge in [0.05, 0.1) is 67.4 Å². The van der Waals surface area contributed by atoms with E-state index in [1.54, 1.807) is 0 Å². The second kappa shape index (κ2) is 15.0. The molecule has 0 saturated heterocycles. The van der Waals surface area contributed by atoms with E-state index in [9.17, 15) is 38.9 Å². The van der Waals surface area contributed by atoms with Crippen molar-refractivity contribution in [2.45, 2.75) is 0 Å². The van der Waals surface area contributed by atoms with Crippen LogP contribution in [0.4, 0.5) is 0 Å². The Hall–Kier alpha value is 0.480. The zero-order chi connectivity index (χ0) is 17.7. The molecular weight excluding hydrogens is 475 g/mol. The first-order chi connectivity index (χ1) is 9.18. The van der Waals surface area contributed by atoms with Crippen LogP contribution in [0.25, 0.3) is 0 Å². The largest absolute Gasteiger partial charge is 3.00 e. The third kappa shape index (κ3) is 49.9. The molecule has 0 aliphatic heterocycles. The topological polar surface area (TPSA) is 232 Å². The summed E-state index contributed by atoms with van der Waals surface area (Å²) < 4.78 is 85.6. The van der Waals surface area contributed by atoms with Crippen LogP contribution >= 0.6 is 0 Å². The predicted octanol–water partition coefficient (Wildman–Crippen LogP) is -4.81. The van der Waals surface area contributed by atoms with Gasteiger partial charge in [0, 0.05) is 0 Å². The molecule has 0 saturated carbocycles. The number of rotatable bonds is 6. The van der Waals surface area contributed by atoms with Crippen molar-refractivity contribution in [2.24, 2.45) is 0 Å². The molecule has 0 aromatic carbocycles. The van der Waals surface area contributed by atoms with Crippen molar-refractivity contribution >= 4 is 56.2 Å². The Morgan fingerprint density at radius 1 is 0.545 bits per heavy atom. The van der Waals surface area contributed by atoms with Gasteiger partial charge in [0.15, 0.2) is 0 Å². The van der Waals surface area contributed by atoms with Gasteiger partial charge in [0.2, 0.25) is 0 Å². The molecule has 12 nitrogen and oxygen atoms in total. The maximum atomic E-state index is 9.52. The molecule has 0 radical (unpaired) electrons. The summed E-state index contributed by atoms with van der Waals surface area (Å²) in [6.07, 6.45) is 0. The van der Waals surface area contributed by atoms with E-state index in [1.165, 1.54) is 0 Å². The summed E-state index contributed by atoms with van der Waals surface area (Å²) in [4.78, 5) is 0. The minimum Gasteiger partial charge on any atom is -0.748 e. The summed E-state index contributed by atoms with van der Waals surface area (Å²) in [7, 11) is -12.5. The molecule has 22 heavy (non-hydrogen) atoms. The van der Waals surface area contributed by atoms with Crippen LogP contribution in [0.5, 0.6) is 0 Å². The second-order valence-electron chi connectivity index (χ2n) is 2.96. The van der Waals surface area contributed by atoms with E-state index in [2.05, 4.69) is 0 Å². The maximum Gasteiger partial charge on any atom is 3.00 e. The van der Waals surface area contributed by atoms with Crippen LogP contribution in [0.15, 0.2) is 0 Å². The first-order valence-corrected chi connectivity index (χ1v) is 9.55. The molecule has 16 heteroatoms. The van der Waals surface area contributed by atoms with Crippen LogP contribution in [-0.2, 0) is 30.4 Å². The normalized spacial score (nSPS) is 11.2. The van der Waals surface area contributed by atoms with E-state index in [1.807, 2.05) is 0 Å². The van der Waals surface area contributed by atoms with Gasteiger partial charge < -0.3 is 29.0 Å². The molecular formula is C6H15InO12S3. The van der Waals surface area contributed by atoms with Crippen LogP contribution in [0.3, 0.4) is 0 Å². The molecule has 0 aromatic heterocycles. The van der Waals surface area contributed by atoms with Crippen LogP contribution in [0, 0.1) is 0 Å². The Balaban J connectivity index is -0.000000108. The van der Waals surface area contributed by atoms with Gasteiger partial charge in [-0.2, -0.15) is 0 Å². The molecule has 0 aromatic rings. The fraction of sp³-hybridized carbons (Fsp3) is 1.00. The summed E-state index contributed by atoms with van der Waals surface area (Å²) in [6.45, 7) is -1.77. The van der Waals surface area contributed by atoms with Crippen molar-refractivity contribution in [2.75, 3.05) is 37.1 Å². The first kappa shape index (κ1) is 30.4. The van der Waals surface area contributed by atoms with E-state index in [-0.39, 0.29) is 25.8 Å². The van der Waals surface area contributed by atoms with Gasteiger partial charge in [-0.1, -0.05) is 0 Å². The minimum absolute atomic E-state index is 0. The van der Waals surface area contributed by atoms with Gasteiger partial charge in [0.25, 0.3) is 0 Å². The summed E-state index contributed by atoms with van der Waals surface area (Å²) >= 11 is 0.